The van der Waals surface area contributed by atoms with Gasteiger partial charge in [0.05, 0.1) is 10.1 Å². The summed E-state index contributed by atoms with van der Waals surface area (Å²) in [5.74, 6) is 0. The van der Waals surface area contributed by atoms with Gasteiger partial charge in [-0.1, -0.05) is 116 Å². The Morgan fingerprint density at radius 3 is 1.20 bits per heavy atom. The number of aliphatic hydroxyl groups excluding tert-OH is 1. The zero-order valence-corrected chi connectivity index (χ0v) is 23.0. The second-order valence-electron chi connectivity index (χ2n) is 8.78. The second kappa shape index (κ2) is 24.5. The van der Waals surface area contributed by atoms with Gasteiger partial charge in [-0.05, 0) is 25.7 Å². The Hall–Kier alpha value is 0.870. The Labute approximate surface area is 210 Å². The number of aliphatic hydroxyl groups is 1. The molecule has 0 aromatic carbocycles. The quantitative estimate of drug-likeness (QED) is 0.143. The van der Waals surface area contributed by atoms with Crippen molar-refractivity contribution in [2.75, 3.05) is 6.61 Å². The fourth-order valence-corrected chi connectivity index (χ4v) is 4.92. The van der Waals surface area contributed by atoms with Crippen molar-refractivity contribution in [3.05, 3.63) is 0 Å². The van der Waals surface area contributed by atoms with Crippen LogP contribution in [0.25, 0.3) is 0 Å². The van der Waals surface area contributed by atoms with Crippen LogP contribution in [-0.4, -0.2) is 29.9 Å². The van der Waals surface area contributed by atoms with Crippen LogP contribution in [0.1, 0.15) is 142 Å². The third kappa shape index (κ3) is 23.5. The molecule has 0 radical (unpaired) electrons. The van der Waals surface area contributed by atoms with E-state index in [4.69, 9.17) is 5.11 Å². The first kappa shape index (κ1) is 33.0. The average Bonchev–Trinajstić information content (AvgIpc) is 2.68. The molecule has 1 unspecified atom stereocenters. The Bertz CT molecular complexity index is 429. The van der Waals surface area contributed by atoms with Crippen LogP contribution in [0, 0.1) is 0 Å². The molecule has 0 rings (SSSR count). The fourth-order valence-electron chi connectivity index (χ4n) is 4.01. The first-order chi connectivity index (χ1) is 14.0. The molecule has 0 amide bonds. The van der Waals surface area contributed by atoms with Crippen molar-refractivity contribution in [1.82, 2.24) is 0 Å². The maximum Gasteiger partial charge on any atom is 1.00 e. The molecular weight excluding hydrogens is 407 g/mol. The van der Waals surface area contributed by atoms with Crippen LogP contribution in [0.4, 0.5) is 0 Å². The summed E-state index contributed by atoms with van der Waals surface area (Å²) in [5, 5.41) is 8.03. The summed E-state index contributed by atoms with van der Waals surface area (Å²) in [4.78, 5) is 0. The normalized spacial score (nSPS) is 12.6. The smallest absolute Gasteiger partial charge is 0.748 e. The van der Waals surface area contributed by atoms with Crippen LogP contribution in [0.3, 0.4) is 0 Å². The van der Waals surface area contributed by atoms with E-state index in [1.165, 1.54) is 89.9 Å². The topological polar surface area (TPSA) is 77.4 Å². The number of rotatable bonds is 23. The molecule has 0 bridgehead atoms. The second-order valence-corrected chi connectivity index (χ2v) is 10.4. The van der Waals surface area contributed by atoms with E-state index in [1.54, 1.807) is 0 Å². The van der Waals surface area contributed by atoms with Gasteiger partial charge in [-0.15, -0.1) is 0 Å². The van der Waals surface area contributed by atoms with Gasteiger partial charge in [0.2, 0.25) is 0 Å². The largest absolute Gasteiger partial charge is 1.00 e. The molecule has 30 heavy (non-hydrogen) atoms. The summed E-state index contributed by atoms with van der Waals surface area (Å²) in [6, 6.07) is 0. The summed E-state index contributed by atoms with van der Waals surface area (Å²) >= 11 is 0. The van der Waals surface area contributed by atoms with Crippen molar-refractivity contribution in [3.8, 4) is 0 Å². The molecule has 0 aromatic rings. The van der Waals surface area contributed by atoms with Crippen molar-refractivity contribution < 1.29 is 47.6 Å². The molecule has 0 aromatic heterocycles. The molecule has 176 valence electrons. The molecule has 0 aliphatic heterocycles. The van der Waals surface area contributed by atoms with Gasteiger partial charge in [0.1, 0.15) is 0 Å². The van der Waals surface area contributed by atoms with Crippen molar-refractivity contribution in [3.63, 3.8) is 0 Å². The maximum absolute atomic E-state index is 11.3. The van der Waals surface area contributed by atoms with Gasteiger partial charge in [0.25, 0.3) is 0 Å². The summed E-state index contributed by atoms with van der Waals surface area (Å²) in [6.45, 7) is 2.33. The fraction of sp³-hybridized carbons (Fsp3) is 1.00. The third-order valence-electron chi connectivity index (χ3n) is 5.97. The summed E-state index contributed by atoms with van der Waals surface area (Å²) in [5.41, 5.74) is 0. The molecule has 0 fully saturated rings. The van der Waals surface area contributed by atoms with E-state index in [9.17, 15) is 13.0 Å². The van der Waals surface area contributed by atoms with Gasteiger partial charge in [-0.3, -0.25) is 0 Å². The minimum absolute atomic E-state index is 0. The maximum atomic E-state index is 11.3. The SMILES string of the molecule is CCCCCCCCCCCCCCCCCCCC(CCCCO)S(=O)(=O)[O-].[Na+]. The van der Waals surface area contributed by atoms with E-state index >= 15 is 0 Å². The van der Waals surface area contributed by atoms with Gasteiger partial charge in [0, 0.05) is 11.9 Å². The predicted octanol–water partition coefficient (Wildman–Crippen LogP) is 4.11. The van der Waals surface area contributed by atoms with Crippen LogP contribution in [0.2, 0.25) is 0 Å². The molecule has 1 N–H and O–H groups in total. The Morgan fingerprint density at radius 2 is 0.900 bits per heavy atom. The van der Waals surface area contributed by atoms with E-state index in [2.05, 4.69) is 6.92 Å². The summed E-state index contributed by atoms with van der Waals surface area (Å²) < 4.78 is 33.9. The zero-order chi connectivity index (χ0) is 21.6. The molecule has 4 nitrogen and oxygen atoms in total. The van der Waals surface area contributed by atoms with Crippen LogP contribution in [-0.2, 0) is 10.1 Å². The predicted molar refractivity (Wildman–Crippen MR) is 123 cm³/mol. The molecule has 0 aliphatic carbocycles. The van der Waals surface area contributed by atoms with Crippen LogP contribution < -0.4 is 29.6 Å². The Balaban J connectivity index is 0. The number of unbranched alkanes of at least 4 members (excludes halogenated alkanes) is 17. The molecule has 6 heteroatoms. The van der Waals surface area contributed by atoms with Crippen molar-refractivity contribution >= 4 is 10.1 Å². The zero-order valence-electron chi connectivity index (χ0n) is 20.2. The van der Waals surface area contributed by atoms with Crippen molar-refractivity contribution in [2.45, 2.75) is 147 Å². The Kier molecular flexibility index (Phi) is 27.0. The first-order valence-corrected chi connectivity index (χ1v) is 14.0. The number of hydrogen-bond donors (Lipinski definition) is 1. The molecule has 0 saturated heterocycles. The van der Waals surface area contributed by atoms with E-state index in [1.807, 2.05) is 0 Å². The van der Waals surface area contributed by atoms with E-state index < -0.39 is 15.4 Å². The van der Waals surface area contributed by atoms with Crippen molar-refractivity contribution in [2.24, 2.45) is 0 Å². The van der Waals surface area contributed by atoms with Crippen LogP contribution in [0.15, 0.2) is 0 Å². The molecular formula is C24H49NaO4S. The minimum atomic E-state index is -4.20. The third-order valence-corrected chi connectivity index (χ3v) is 7.26. The molecule has 0 spiro atoms. The van der Waals surface area contributed by atoms with E-state index in [0.717, 1.165) is 19.3 Å². The summed E-state index contributed by atoms with van der Waals surface area (Å²) in [7, 11) is -4.20. The standard InChI is InChI=1S/C24H50O4S.Na/c1-2-3-4-5-6-7-8-9-10-11-12-13-14-15-16-17-18-21-24(29(26,27)28)22-19-20-23-25;/h24-25H,2-23H2,1H3,(H,26,27,28);/q;+1/p-1. The molecule has 0 heterocycles. The van der Waals surface area contributed by atoms with E-state index in [0.29, 0.717) is 25.7 Å². The molecule has 0 saturated carbocycles. The first-order valence-electron chi connectivity index (χ1n) is 12.6. The number of hydrogen-bond acceptors (Lipinski definition) is 4. The average molecular weight is 457 g/mol. The summed E-state index contributed by atoms with van der Waals surface area (Å²) in [6.07, 6.45) is 24.2. The van der Waals surface area contributed by atoms with Gasteiger partial charge in [0.15, 0.2) is 0 Å². The van der Waals surface area contributed by atoms with Gasteiger partial charge >= 0.3 is 29.6 Å². The van der Waals surface area contributed by atoms with Crippen LogP contribution in [0.5, 0.6) is 0 Å². The molecule has 1 atom stereocenters. The monoisotopic (exact) mass is 456 g/mol. The van der Waals surface area contributed by atoms with E-state index in [-0.39, 0.29) is 36.2 Å². The van der Waals surface area contributed by atoms with Crippen molar-refractivity contribution in [1.29, 1.82) is 0 Å². The van der Waals surface area contributed by atoms with Crippen LogP contribution >= 0.6 is 0 Å². The molecule has 0 aliphatic rings. The minimum Gasteiger partial charge on any atom is -0.748 e. The van der Waals surface area contributed by atoms with Gasteiger partial charge in [-0.2, -0.15) is 0 Å². The van der Waals surface area contributed by atoms with Gasteiger partial charge < -0.3 is 9.66 Å². The van der Waals surface area contributed by atoms with Gasteiger partial charge in [-0.25, -0.2) is 8.42 Å². The Morgan fingerprint density at radius 1 is 0.600 bits per heavy atom.